The zero-order valence-electron chi connectivity index (χ0n) is 47.7. The number of hydrogen-bond donors (Lipinski definition) is 1. The molecule has 0 saturated carbocycles. The van der Waals surface area contributed by atoms with Crippen molar-refractivity contribution >= 4 is 49.4 Å². The molecule has 4 aromatic carbocycles. The Balaban J connectivity index is 0.000000276. The van der Waals surface area contributed by atoms with Crippen molar-refractivity contribution in [2.75, 3.05) is 151 Å². The molecule has 2 N–H and O–H groups in total. The van der Waals surface area contributed by atoms with Gasteiger partial charge < -0.3 is 49.0 Å². The van der Waals surface area contributed by atoms with Gasteiger partial charge in [0, 0.05) is 89.9 Å². The fourth-order valence-electron chi connectivity index (χ4n) is 9.77. The number of hydrogen-bond acceptors (Lipinski definition) is 16. The van der Waals surface area contributed by atoms with E-state index in [-0.39, 0.29) is 61.7 Å². The molecule has 0 radical (unpaired) electrons. The average molecular weight is 1110 g/mol. The van der Waals surface area contributed by atoms with Crippen LogP contribution in [0.1, 0.15) is 53.5 Å². The third-order valence-electron chi connectivity index (χ3n) is 13.6. The van der Waals surface area contributed by atoms with E-state index >= 15 is 0 Å². The highest BCUT2D eigenvalue weighted by molar-refractivity contribution is 7.89. The Labute approximate surface area is 460 Å². The monoisotopic (exact) mass is 1110 g/mol. The van der Waals surface area contributed by atoms with Crippen LogP contribution in [-0.4, -0.2) is 183 Å². The molecular formula is C57H87N7O11S2. The predicted octanol–water partition coefficient (Wildman–Crippen LogP) is 6.67. The highest BCUT2D eigenvalue weighted by Crippen LogP contribution is 2.30. The number of anilines is 3. The van der Waals surface area contributed by atoms with Crippen LogP contribution >= 0.6 is 0 Å². The smallest absolute Gasteiger partial charge is 0.295 e. The topological polar surface area (TPSA) is 194 Å². The number of nitrogens with zero attached hydrogens (tertiary/aromatic N) is 6. The van der Waals surface area contributed by atoms with Crippen LogP contribution in [0.5, 0.6) is 11.5 Å². The van der Waals surface area contributed by atoms with Gasteiger partial charge in [0.25, 0.3) is 6.47 Å². The molecule has 20 heteroatoms. The lowest BCUT2D eigenvalue weighted by Gasteiger charge is -2.34. The van der Waals surface area contributed by atoms with Gasteiger partial charge in [-0.1, -0.05) is 18.2 Å². The standard InChI is InChI=1S/C29H43N3O5S.C14H23N3.C14H21NO6S/c1-22-16-28(36-6)17-23(2)29(22)38(34,35)31(5)14-15-37-21-27(33)19-25-8-7-9-26(18-25)32-12-10-24(11-13-32)20-30(3)4;1-16(2)11-12-6-8-17(9-7-12)14-5-3-4-13(15)10-14;1-11-7-13(19-4)8-12(2)14(11)22(17,18)15(3)5-6-20-10-21-9-16/h7-9,16-18,24H,10-15,19-21H2,1-6H3;3-5,10,12H,6-9,11,15H2,1-2H3;7-9H,5-6,10H2,1-4H3. The van der Waals surface area contributed by atoms with Gasteiger partial charge in [-0.05, 0) is 176 Å². The van der Waals surface area contributed by atoms with Crippen molar-refractivity contribution in [2.45, 2.75) is 69.6 Å². The summed E-state index contributed by atoms with van der Waals surface area (Å²) in [4.78, 5) is 32.5. The van der Waals surface area contributed by atoms with Crippen LogP contribution in [-0.2, 0) is 50.3 Å². The van der Waals surface area contributed by atoms with Crippen molar-refractivity contribution in [3.05, 3.63) is 101 Å². The molecule has 2 saturated heterocycles. The molecule has 2 aliphatic heterocycles. The van der Waals surface area contributed by atoms with Crippen LogP contribution in [0.3, 0.4) is 0 Å². The van der Waals surface area contributed by atoms with E-state index in [0.29, 0.717) is 40.2 Å². The van der Waals surface area contributed by atoms with Crippen LogP contribution < -0.4 is 25.0 Å². The lowest BCUT2D eigenvalue weighted by Crippen LogP contribution is -2.37. The molecule has 0 atom stereocenters. The van der Waals surface area contributed by atoms with E-state index in [1.807, 2.05) is 24.3 Å². The predicted molar refractivity (Wildman–Crippen MR) is 306 cm³/mol. The number of Topliss-reactive ketones (excluding diaryl/α,β-unsaturated/α-hetero) is 1. The third kappa shape index (κ3) is 20.1. The fourth-order valence-corrected chi connectivity index (χ4v) is 12.9. The van der Waals surface area contributed by atoms with Gasteiger partial charge in [-0.25, -0.2) is 16.8 Å². The number of carbonyl (C=O) groups excluding carboxylic acids is 2. The summed E-state index contributed by atoms with van der Waals surface area (Å²) in [7, 11) is 7.33. The lowest BCUT2D eigenvalue weighted by atomic mass is 9.95. The van der Waals surface area contributed by atoms with Crippen LogP contribution in [0.15, 0.2) is 82.6 Å². The van der Waals surface area contributed by atoms with Gasteiger partial charge in [-0.15, -0.1) is 0 Å². The maximum absolute atomic E-state index is 13.1. The van der Waals surface area contributed by atoms with E-state index < -0.39 is 20.0 Å². The zero-order chi connectivity index (χ0) is 56.9. The second kappa shape index (κ2) is 31.3. The van der Waals surface area contributed by atoms with Gasteiger partial charge in [0.1, 0.15) is 18.1 Å². The van der Waals surface area contributed by atoms with E-state index in [1.165, 1.54) is 67.7 Å². The van der Waals surface area contributed by atoms with Crippen LogP contribution in [0.25, 0.3) is 0 Å². The molecule has 0 amide bonds. The van der Waals surface area contributed by atoms with Crippen molar-refractivity contribution in [3.63, 3.8) is 0 Å². The van der Waals surface area contributed by atoms with E-state index in [2.05, 4.69) is 76.8 Å². The molecule has 0 aromatic heterocycles. The summed E-state index contributed by atoms with van der Waals surface area (Å²) in [5.74, 6) is 2.80. The quantitative estimate of drug-likeness (QED) is 0.0320. The Hall–Kier alpha value is -5.32. The molecule has 77 heavy (non-hydrogen) atoms. The maximum atomic E-state index is 13.1. The minimum Gasteiger partial charge on any atom is -0.497 e. The summed E-state index contributed by atoms with van der Waals surface area (Å²) in [6.45, 7) is 14.3. The minimum atomic E-state index is -3.69. The summed E-state index contributed by atoms with van der Waals surface area (Å²) in [5.41, 5.74) is 12.6. The molecule has 0 aliphatic carbocycles. The fraction of sp³-hybridized carbons (Fsp3) is 0.544. The Morgan fingerprint density at radius 1 is 0.623 bits per heavy atom. The van der Waals surface area contributed by atoms with Gasteiger partial charge in [0.2, 0.25) is 20.0 Å². The van der Waals surface area contributed by atoms with E-state index in [0.717, 1.165) is 61.5 Å². The summed E-state index contributed by atoms with van der Waals surface area (Å²) < 4.78 is 79.3. The zero-order valence-corrected chi connectivity index (χ0v) is 49.4. The number of methoxy groups -OCH3 is 2. The first-order chi connectivity index (χ1) is 36.5. The molecule has 0 bridgehead atoms. The molecule has 4 aromatic rings. The Kier molecular flexibility index (Phi) is 26.1. The SMILES string of the molecule is CN(C)CC1CCN(c2cccc(N)c2)CC1.COc1cc(C)c(S(=O)(=O)N(C)CCOCC(=O)Cc2cccc(N3CCC(CN(C)C)CC3)c2)c(C)c1.COc1cc(C)c(S(=O)(=O)N(C)CCOCOC=O)c(C)c1. The highest BCUT2D eigenvalue weighted by Gasteiger charge is 2.27. The number of carbonyl (C=O) groups is 2. The van der Waals surface area contributed by atoms with E-state index in [4.69, 9.17) is 24.7 Å². The summed E-state index contributed by atoms with van der Waals surface area (Å²) >= 11 is 0. The van der Waals surface area contributed by atoms with Gasteiger partial charge in [0.15, 0.2) is 12.6 Å². The second-order valence-electron chi connectivity index (χ2n) is 20.5. The number of aryl methyl sites for hydroxylation is 4. The molecule has 2 fully saturated rings. The molecule has 2 aliphatic rings. The molecule has 2 heterocycles. The summed E-state index contributed by atoms with van der Waals surface area (Å²) in [6.07, 6.45) is 5.22. The number of nitrogen functional groups attached to an aromatic ring is 1. The van der Waals surface area contributed by atoms with Gasteiger partial charge in [-0.3, -0.25) is 9.59 Å². The molecule has 18 nitrogen and oxygen atoms in total. The van der Waals surface area contributed by atoms with Crippen molar-refractivity contribution in [3.8, 4) is 11.5 Å². The largest absolute Gasteiger partial charge is 0.497 e. The average Bonchev–Trinajstić information content (AvgIpc) is 3.37. The molecule has 6 rings (SSSR count). The van der Waals surface area contributed by atoms with Crippen molar-refractivity contribution < 1.29 is 50.1 Å². The van der Waals surface area contributed by atoms with Gasteiger partial charge in [-0.2, -0.15) is 8.61 Å². The molecular weight excluding hydrogens is 1020 g/mol. The number of benzene rings is 4. The molecule has 0 unspecified atom stereocenters. The summed E-state index contributed by atoms with van der Waals surface area (Å²) in [6, 6.07) is 23.2. The number of ketones is 1. The Morgan fingerprint density at radius 2 is 1.04 bits per heavy atom. The maximum Gasteiger partial charge on any atom is 0.295 e. The molecule has 428 valence electrons. The highest BCUT2D eigenvalue weighted by atomic mass is 32.2. The first-order valence-electron chi connectivity index (χ1n) is 26.2. The lowest BCUT2D eigenvalue weighted by molar-refractivity contribution is -0.140. The van der Waals surface area contributed by atoms with Crippen molar-refractivity contribution in [1.29, 1.82) is 0 Å². The van der Waals surface area contributed by atoms with Gasteiger partial charge in [0.05, 0.1) is 37.2 Å². The van der Waals surface area contributed by atoms with Crippen LogP contribution in [0.2, 0.25) is 0 Å². The first kappa shape index (κ1) is 64.2. The van der Waals surface area contributed by atoms with Gasteiger partial charge >= 0.3 is 0 Å². The minimum absolute atomic E-state index is 0.0285. The number of piperidine rings is 2. The van der Waals surface area contributed by atoms with Crippen molar-refractivity contribution in [2.24, 2.45) is 11.8 Å². The van der Waals surface area contributed by atoms with Crippen molar-refractivity contribution in [1.82, 2.24) is 18.4 Å². The second-order valence-corrected chi connectivity index (χ2v) is 24.5. The number of rotatable bonds is 25. The Morgan fingerprint density at radius 3 is 1.44 bits per heavy atom. The van der Waals surface area contributed by atoms with Crippen LogP contribution in [0, 0.1) is 39.5 Å². The summed E-state index contributed by atoms with van der Waals surface area (Å²) in [5, 5.41) is 0. The Bertz CT molecular complexity index is 2660. The van der Waals surface area contributed by atoms with E-state index in [9.17, 15) is 26.4 Å². The number of ether oxygens (including phenoxy) is 5. The number of likely N-dealkylation sites (N-methyl/N-ethyl adjacent to an activating group) is 2. The van der Waals surface area contributed by atoms with E-state index in [1.54, 1.807) is 59.1 Å². The number of sulfonamides is 2. The van der Waals surface area contributed by atoms with Crippen LogP contribution in [0.4, 0.5) is 17.1 Å². The third-order valence-corrected chi connectivity index (χ3v) is 18.0. The first-order valence-corrected chi connectivity index (χ1v) is 29.1. The normalized spacial score (nSPS) is 14.5. The molecule has 0 spiro atoms. The number of nitrogens with two attached hydrogens (primary N) is 1.